The molecule has 1 aromatic carbocycles. The van der Waals surface area contributed by atoms with Crippen LogP contribution < -0.4 is 10.6 Å². The van der Waals surface area contributed by atoms with Gasteiger partial charge in [0.15, 0.2) is 5.82 Å². The average Bonchev–Trinajstić information content (AvgIpc) is 2.98. The summed E-state index contributed by atoms with van der Waals surface area (Å²) in [6, 6.07) is 10.3. The van der Waals surface area contributed by atoms with E-state index in [0.717, 1.165) is 43.2 Å². The standard InChI is InChI=1S/C15H21N5/c1-18-8-10-19(11-9-18)15-6-7-20(17-15)14-4-2-13(12-16)3-5-14/h2-7H,8-12,16H2,1H3. The van der Waals surface area contributed by atoms with Crippen molar-refractivity contribution in [3.05, 3.63) is 42.1 Å². The Morgan fingerprint density at radius 1 is 1.05 bits per heavy atom. The lowest BCUT2D eigenvalue weighted by atomic mass is 10.2. The third kappa shape index (κ3) is 2.69. The Hall–Kier alpha value is -1.85. The summed E-state index contributed by atoms with van der Waals surface area (Å²) in [6.07, 6.45) is 2.02. The Balaban J connectivity index is 1.75. The van der Waals surface area contributed by atoms with E-state index in [9.17, 15) is 0 Å². The number of nitrogens with zero attached hydrogens (tertiary/aromatic N) is 4. The summed E-state index contributed by atoms with van der Waals surface area (Å²) in [7, 11) is 2.16. The maximum Gasteiger partial charge on any atom is 0.151 e. The van der Waals surface area contributed by atoms with Crippen molar-refractivity contribution in [2.45, 2.75) is 6.54 Å². The Bertz CT molecular complexity index is 552. The van der Waals surface area contributed by atoms with Gasteiger partial charge in [-0.15, -0.1) is 0 Å². The minimum Gasteiger partial charge on any atom is -0.353 e. The minimum absolute atomic E-state index is 0.575. The van der Waals surface area contributed by atoms with Crippen LogP contribution in [0, 0.1) is 0 Å². The quantitative estimate of drug-likeness (QED) is 0.907. The highest BCUT2D eigenvalue weighted by Gasteiger charge is 2.16. The van der Waals surface area contributed by atoms with E-state index >= 15 is 0 Å². The van der Waals surface area contributed by atoms with Crippen LogP contribution in [0.3, 0.4) is 0 Å². The lowest BCUT2D eigenvalue weighted by Crippen LogP contribution is -2.44. The van der Waals surface area contributed by atoms with Crippen molar-refractivity contribution in [2.75, 3.05) is 38.1 Å². The fraction of sp³-hybridized carbons (Fsp3) is 0.400. The van der Waals surface area contributed by atoms with Gasteiger partial charge in [-0.2, -0.15) is 5.10 Å². The second-order valence-corrected chi connectivity index (χ2v) is 5.28. The number of anilines is 1. The van der Waals surface area contributed by atoms with E-state index in [1.165, 1.54) is 0 Å². The fourth-order valence-corrected chi connectivity index (χ4v) is 2.45. The SMILES string of the molecule is CN1CCN(c2ccn(-c3ccc(CN)cc3)n2)CC1. The predicted octanol–water partition coefficient (Wildman–Crippen LogP) is 1.08. The summed E-state index contributed by atoms with van der Waals surface area (Å²) in [4.78, 5) is 4.68. The van der Waals surface area contributed by atoms with E-state index in [1.807, 2.05) is 23.0 Å². The summed E-state index contributed by atoms with van der Waals surface area (Å²) < 4.78 is 1.92. The molecule has 0 atom stereocenters. The summed E-state index contributed by atoms with van der Waals surface area (Å²) >= 11 is 0. The third-order valence-electron chi connectivity index (χ3n) is 3.84. The molecule has 2 aromatic rings. The van der Waals surface area contributed by atoms with Gasteiger partial charge in [-0.1, -0.05) is 12.1 Å². The molecule has 106 valence electrons. The zero-order valence-electron chi connectivity index (χ0n) is 11.9. The average molecular weight is 271 g/mol. The smallest absolute Gasteiger partial charge is 0.151 e. The number of hydrogen-bond acceptors (Lipinski definition) is 4. The molecule has 0 radical (unpaired) electrons. The topological polar surface area (TPSA) is 50.3 Å². The Labute approximate surface area is 119 Å². The van der Waals surface area contributed by atoms with Crippen LogP contribution in [0.4, 0.5) is 5.82 Å². The molecule has 0 aliphatic carbocycles. The molecule has 1 saturated heterocycles. The largest absolute Gasteiger partial charge is 0.353 e. The molecule has 2 N–H and O–H groups in total. The monoisotopic (exact) mass is 271 g/mol. The van der Waals surface area contributed by atoms with Crippen LogP contribution in [-0.4, -0.2) is 47.9 Å². The normalized spacial score (nSPS) is 16.6. The van der Waals surface area contributed by atoms with E-state index in [2.05, 4.69) is 40.1 Å². The zero-order chi connectivity index (χ0) is 13.9. The second kappa shape index (κ2) is 5.64. The van der Waals surface area contributed by atoms with E-state index in [1.54, 1.807) is 0 Å². The van der Waals surface area contributed by atoms with Crippen molar-refractivity contribution in [1.29, 1.82) is 0 Å². The van der Waals surface area contributed by atoms with Crippen molar-refractivity contribution in [3.8, 4) is 5.69 Å². The lowest BCUT2D eigenvalue weighted by molar-refractivity contribution is 0.312. The first-order chi connectivity index (χ1) is 9.76. The third-order valence-corrected chi connectivity index (χ3v) is 3.84. The molecule has 0 spiro atoms. The highest BCUT2D eigenvalue weighted by atomic mass is 15.4. The molecule has 5 heteroatoms. The molecule has 1 fully saturated rings. The molecule has 0 unspecified atom stereocenters. The molecule has 1 aliphatic rings. The maximum atomic E-state index is 5.62. The van der Waals surface area contributed by atoms with Crippen LogP contribution in [0.25, 0.3) is 5.69 Å². The second-order valence-electron chi connectivity index (χ2n) is 5.28. The van der Waals surface area contributed by atoms with Crippen LogP contribution in [0.2, 0.25) is 0 Å². The van der Waals surface area contributed by atoms with Crippen LogP contribution in [0.15, 0.2) is 36.5 Å². The molecule has 20 heavy (non-hydrogen) atoms. The zero-order valence-corrected chi connectivity index (χ0v) is 11.9. The first-order valence-electron chi connectivity index (χ1n) is 7.05. The molecule has 5 nitrogen and oxygen atoms in total. The van der Waals surface area contributed by atoms with Crippen molar-refractivity contribution < 1.29 is 0 Å². The fourth-order valence-electron chi connectivity index (χ4n) is 2.45. The summed E-state index contributed by atoms with van der Waals surface area (Å²) in [6.45, 7) is 4.85. The van der Waals surface area contributed by atoms with E-state index < -0.39 is 0 Å². The molecule has 0 amide bonds. The van der Waals surface area contributed by atoms with Crippen LogP contribution in [0.5, 0.6) is 0 Å². The molecule has 0 bridgehead atoms. The summed E-state index contributed by atoms with van der Waals surface area (Å²) in [5.41, 5.74) is 7.83. The van der Waals surface area contributed by atoms with Gasteiger partial charge in [0.2, 0.25) is 0 Å². The molecular formula is C15H21N5. The Morgan fingerprint density at radius 3 is 2.40 bits per heavy atom. The van der Waals surface area contributed by atoms with Gasteiger partial charge < -0.3 is 15.5 Å². The van der Waals surface area contributed by atoms with Gasteiger partial charge in [0.1, 0.15) is 0 Å². The number of aromatic nitrogens is 2. The van der Waals surface area contributed by atoms with Gasteiger partial charge in [-0.3, -0.25) is 0 Å². The number of benzene rings is 1. The van der Waals surface area contributed by atoms with Crippen molar-refractivity contribution in [3.63, 3.8) is 0 Å². The number of nitrogens with two attached hydrogens (primary N) is 1. The number of likely N-dealkylation sites (N-methyl/N-ethyl adjacent to an activating group) is 1. The summed E-state index contributed by atoms with van der Waals surface area (Å²) in [5, 5.41) is 4.68. The minimum atomic E-state index is 0.575. The maximum absolute atomic E-state index is 5.62. The molecule has 3 rings (SSSR count). The van der Waals surface area contributed by atoms with E-state index in [4.69, 9.17) is 5.73 Å². The van der Waals surface area contributed by atoms with Gasteiger partial charge in [0.05, 0.1) is 5.69 Å². The highest BCUT2D eigenvalue weighted by Crippen LogP contribution is 2.16. The van der Waals surface area contributed by atoms with Gasteiger partial charge in [-0.05, 0) is 24.7 Å². The summed E-state index contributed by atoms with van der Waals surface area (Å²) in [5.74, 6) is 1.06. The van der Waals surface area contributed by atoms with Crippen LogP contribution in [0.1, 0.15) is 5.56 Å². The van der Waals surface area contributed by atoms with Crippen LogP contribution >= 0.6 is 0 Å². The molecule has 2 heterocycles. The first-order valence-corrected chi connectivity index (χ1v) is 7.05. The number of piperazine rings is 1. The van der Waals surface area contributed by atoms with Crippen molar-refractivity contribution in [2.24, 2.45) is 5.73 Å². The van der Waals surface area contributed by atoms with Gasteiger partial charge in [-0.25, -0.2) is 4.68 Å². The number of rotatable bonds is 3. The predicted molar refractivity (Wildman–Crippen MR) is 81.2 cm³/mol. The highest BCUT2D eigenvalue weighted by molar-refractivity contribution is 5.41. The lowest BCUT2D eigenvalue weighted by Gasteiger charge is -2.32. The van der Waals surface area contributed by atoms with Crippen LogP contribution in [-0.2, 0) is 6.54 Å². The molecule has 1 aromatic heterocycles. The molecule has 0 saturated carbocycles. The van der Waals surface area contributed by atoms with E-state index in [-0.39, 0.29) is 0 Å². The molecule has 1 aliphatic heterocycles. The van der Waals surface area contributed by atoms with Crippen molar-refractivity contribution >= 4 is 5.82 Å². The Kier molecular flexibility index (Phi) is 3.71. The van der Waals surface area contributed by atoms with Gasteiger partial charge in [0, 0.05) is 45.0 Å². The van der Waals surface area contributed by atoms with Gasteiger partial charge in [0.25, 0.3) is 0 Å². The van der Waals surface area contributed by atoms with E-state index in [0.29, 0.717) is 6.54 Å². The Morgan fingerprint density at radius 2 is 1.75 bits per heavy atom. The number of hydrogen-bond donors (Lipinski definition) is 1. The van der Waals surface area contributed by atoms with Crippen molar-refractivity contribution in [1.82, 2.24) is 14.7 Å². The van der Waals surface area contributed by atoms with Gasteiger partial charge >= 0.3 is 0 Å². The molecular weight excluding hydrogens is 250 g/mol. The first kappa shape index (κ1) is 13.1.